The Morgan fingerprint density at radius 2 is 1.84 bits per heavy atom. The van der Waals surface area contributed by atoms with E-state index in [4.69, 9.17) is 21.1 Å². The molecule has 0 saturated carbocycles. The zero-order valence-electron chi connectivity index (χ0n) is 16.6. The molecule has 3 amide bonds. The summed E-state index contributed by atoms with van der Waals surface area (Å²) in [4.78, 5) is 38.8. The van der Waals surface area contributed by atoms with Gasteiger partial charge in [0.25, 0.3) is 0 Å². The van der Waals surface area contributed by atoms with E-state index in [0.29, 0.717) is 6.42 Å². The van der Waals surface area contributed by atoms with E-state index in [2.05, 4.69) is 20.8 Å². The number of nitrogens with one attached hydrogen (secondary N) is 2. The standard InChI is InChI=1S/C18H24N6O7/c1-8(25)14(17(28)29)22-18(30)21-12(7-13(20)27)16-23-15(24-31-16)11(19)6-9-2-4-10(26)5-3-9/h2-5,8,11-12,14,25-26H,6-7,19H2,1H3,(H2,20,27)(H,28,29)(H2,21,22,30)/t8?,11-,12?,14-/m0/s1. The number of hydrogen-bond acceptors (Lipinski definition) is 9. The van der Waals surface area contributed by atoms with Crippen molar-refractivity contribution in [3.63, 3.8) is 0 Å². The zero-order chi connectivity index (χ0) is 23.1. The van der Waals surface area contributed by atoms with Crippen LogP contribution in [0.25, 0.3) is 0 Å². The molecule has 13 nitrogen and oxygen atoms in total. The van der Waals surface area contributed by atoms with Crippen LogP contribution in [0.5, 0.6) is 5.75 Å². The normalized spacial score (nSPS) is 14.8. The number of carboxylic acids is 1. The number of urea groups is 1. The van der Waals surface area contributed by atoms with Crippen LogP contribution in [0.2, 0.25) is 0 Å². The van der Waals surface area contributed by atoms with Crippen molar-refractivity contribution in [1.29, 1.82) is 0 Å². The average molecular weight is 436 g/mol. The molecule has 4 atom stereocenters. The number of nitrogens with zero attached hydrogens (tertiary/aromatic N) is 2. The van der Waals surface area contributed by atoms with E-state index in [1.807, 2.05) is 0 Å². The first-order chi connectivity index (χ1) is 14.6. The summed E-state index contributed by atoms with van der Waals surface area (Å²) >= 11 is 0. The summed E-state index contributed by atoms with van der Waals surface area (Å²) in [5.41, 5.74) is 12.1. The molecule has 0 aliphatic rings. The van der Waals surface area contributed by atoms with Gasteiger partial charge in [0.15, 0.2) is 11.9 Å². The Hall–Kier alpha value is -3.71. The minimum Gasteiger partial charge on any atom is -0.508 e. The van der Waals surface area contributed by atoms with Crippen LogP contribution in [0.1, 0.15) is 42.7 Å². The minimum absolute atomic E-state index is 0.104. The molecule has 2 aromatic rings. The van der Waals surface area contributed by atoms with Crippen LogP contribution < -0.4 is 22.1 Å². The van der Waals surface area contributed by atoms with Crippen LogP contribution in [0.15, 0.2) is 28.8 Å². The van der Waals surface area contributed by atoms with Crippen LogP contribution in [0.4, 0.5) is 4.79 Å². The van der Waals surface area contributed by atoms with Gasteiger partial charge in [0.1, 0.15) is 11.8 Å². The zero-order valence-corrected chi connectivity index (χ0v) is 16.6. The maximum atomic E-state index is 12.2. The summed E-state index contributed by atoms with van der Waals surface area (Å²) in [6, 6.07) is 1.97. The summed E-state index contributed by atoms with van der Waals surface area (Å²) in [6.07, 6.45) is -1.46. The van der Waals surface area contributed by atoms with E-state index in [-0.39, 0.29) is 17.5 Å². The second-order valence-electron chi connectivity index (χ2n) is 6.87. The van der Waals surface area contributed by atoms with Crippen molar-refractivity contribution in [2.45, 2.75) is 44.0 Å². The molecule has 1 aromatic carbocycles. The van der Waals surface area contributed by atoms with Gasteiger partial charge < -0.3 is 41.9 Å². The Labute approximate surface area is 176 Å². The van der Waals surface area contributed by atoms with Gasteiger partial charge in [-0.3, -0.25) is 4.79 Å². The number of hydrogen-bond donors (Lipinski definition) is 7. The monoisotopic (exact) mass is 436 g/mol. The second kappa shape index (κ2) is 10.4. The third-order valence-corrected chi connectivity index (χ3v) is 4.22. The first-order valence-corrected chi connectivity index (χ1v) is 9.20. The number of nitrogens with two attached hydrogens (primary N) is 2. The highest BCUT2D eigenvalue weighted by molar-refractivity contribution is 5.83. The number of primary amides is 1. The minimum atomic E-state index is -1.58. The summed E-state index contributed by atoms with van der Waals surface area (Å²) in [5, 5.41) is 36.0. The smallest absolute Gasteiger partial charge is 0.328 e. The van der Waals surface area contributed by atoms with Crippen molar-refractivity contribution in [2.75, 3.05) is 0 Å². The van der Waals surface area contributed by atoms with Crippen molar-refractivity contribution in [2.24, 2.45) is 11.5 Å². The van der Waals surface area contributed by atoms with Gasteiger partial charge in [0, 0.05) is 0 Å². The van der Waals surface area contributed by atoms with Gasteiger partial charge in [0.05, 0.1) is 18.6 Å². The van der Waals surface area contributed by atoms with E-state index >= 15 is 0 Å². The molecule has 0 fully saturated rings. The average Bonchev–Trinajstić information content (AvgIpc) is 3.17. The SMILES string of the molecule is CC(O)[C@H](NC(=O)NC(CC(N)=O)c1nc([C@@H](N)Cc2ccc(O)cc2)no1)C(=O)O. The Morgan fingerprint density at radius 1 is 1.19 bits per heavy atom. The molecule has 1 heterocycles. The highest BCUT2D eigenvalue weighted by atomic mass is 16.5. The lowest BCUT2D eigenvalue weighted by Gasteiger charge is -2.19. The molecule has 0 bridgehead atoms. The van der Waals surface area contributed by atoms with Crippen molar-refractivity contribution in [3.05, 3.63) is 41.5 Å². The molecular formula is C18H24N6O7. The van der Waals surface area contributed by atoms with E-state index in [9.17, 15) is 24.6 Å². The fraction of sp³-hybridized carbons (Fsp3) is 0.389. The fourth-order valence-corrected chi connectivity index (χ4v) is 2.65. The number of aliphatic carboxylic acids is 1. The lowest BCUT2D eigenvalue weighted by molar-refractivity contribution is -0.141. The Bertz CT molecular complexity index is 914. The van der Waals surface area contributed by atoms with Crippen LogP contribution in [0.3, 0.4) is 0 Å². The molecule has 0 spiro atoms. The maximum absolute atomic E-state index is 12.2. The van der Waals surface area contributed by atoms with Crippen molar-refractivity contribution in [3.8, 4) is 5.75 Å². The molecule has 0 saturated heterocycles. The van der Waals surface area contributed by atoms with Gasteiger partial charge in [-0.25, -0.2) is 9.59 Å². The number of carbonyl (C=O) groups excluding carboxylic acids is 2. The molecule has 9 N–H and O–H groups in total. The van der Waals surface area contributed by atoms with E-state index in [1.165, 1.54) is 19.1 Å². The number of carboxylic acid groups (broad SMARTS) is 1. The number of aliphatic hydroxyl groups is 1. The molecule has 2 unspecified atom stereocenters. The van der Waals surface area contributed by atoms with E-state index in [1.54, 1.807) is 12.1 Å². The molecule has 31 heavy (non-hydrogen) atoms. The van der Waals surface area contributed by atoms with Gasteiger partial charge in [-0.05, 0) is 31.0 Å². The molecule has 168 valence electrons. The summed E-state index contributed by atoms with van der Waals surface area (Å²) in [6.45, 7) is 1.19. The molecule has 0 radical (unpaired) electrons. The van der Waals surface area contributed by atoms with E-state index in [0.717, 1.165) is 5.56 Å². The van der Waals surface area contributed by atoms with Gasteiger partial charge in [-0.15, -0.1) is 0 Å². The number of phenols is 1. The molecule has 13 heteroatoms. The van der Waals surface area contributed by atoms with Crippen molar-refractivity contribution < 1.29 is 34.2 Å². The van der Waals surface area contributed by atoms with Gasteiger partial charge in [0.2, 0.25) is 11.8 Å². The van der Waals surface area contributed by atoms with Crippen LogP contribution in [-0.2, 0) is 16.0 Å². The summed E-state index contributed by atoms with van der Waals surface area (Å²) in [5.74, 6) is -2.18. The quantitative estimate of drug-likeness (QED) is 0.242. The highest BCUT2D eigenvalue weighted by Crippen LogP contribution is 2.20. The van der Waals surface area contributed by atoms with Gasteiger partial charge >= 0.3 is 12.0 Å². The largest absolute Gasteiger partial charge is 0.508 e. The molecule has 0 aliphatic carbocycles. The predicted octanol–water partition coefficient (Wildman–Crippen LogP) is -0.933. The number of benzene rings is 1. The maximum Gasteiger partial charge on any atom is 0.328 e. The molecule has 0 aliphatic heterocycles. The first-order valence-electron chi connectivity index (χ1n) is 9.20. The number of aromatic nitrogens is 2. The van der Waals surface area contributed by atoms with Crippen molar-refractivity contribution >= 4 is 17.9 Å². The highest BCUT2D eigenvalue weighted by Gasteiger charge is 2.29. The molecule has 1 aromatic heterocycles. The number of carbonyl (C=O) groups is 3. The summed E-state index contributed by atoms with van der Waals surface area (Å²) < 4.78 is 5.11. The summed E-state index contributed by atoms with van der Waals surface area (Å²) in [7, 11) is 0. The fourth-order valence-electron chi connectivity index (χ4n) is 2.65. The van der Waals surface area contributed by atoms with Crippen LogP contribution in [-0.4, -0.2) is 55.5 Å². The number of amides is 3. The number of rotatable bonds is 10. The first kappa shape index (κ1) is 23.6. The predicted molar refractivity (Wildman–Crippen MR) is 104 cm³/mol. The second-order valence-corrected chi connectivity index (χ2v) is 6.87. The third kappa shape index (κ3) is 6.94. The lowest BCUT2D eigenvalue weighted by Crippen LogP contribution is -2.52. The van der Waals surface area contributed by atoms with Gasteiger partial charge in [-0.1, -0.05) is 17.3 Å². The van der Waals surface area contributed by atoms with E-state index < -0.39 is 48.6 Å². The van der Waals surface area contributed by atoms with Crippen LogP contribution >= 0.6 is 0 Å². The van der Waals surface area contributed by atoms with Crippen LogP contribution in [0, 0.1) is 0 Å². The van der Waals surface area contributed by atoms with Crippen molar-refractivity contribution in [1.82, 2.24) is 20.8 Å². The Morgan fingerprint density at radius 3 is 2.39 bits per heavy atom. The third-order valence-electron chi connectivity index (χ3n) is 4.22. The molecule has 2 rings (SSSR count). The molecular weight excluding hydrogens is 412 g/mol. The lowest BCUT2D eigenvalue weighted by atomic mass is 10.1. The Balaban J connectivity index is 2.11. The number of aliphatic hydroxyl groups excluding tert-OH is 1. The van der Waals surface area contributed by atoms with Gasteiger partial charge in [-0.2, -0.15) is 4.98 Å². The number of aromatic hydroxyl groups is 1. The topological polar surface area (TPSA) is 227 Å². The number of phenolic OH excluding ortho intramolecular Hbond substituents is 1. The Kier molecular flexibility index (Phi) is 7.88.